The first-order valence-corrected chi connectivity index (χ1v) is 6.30. The number of esters is 1. The molecule has 0 radical (unpaired) electrons. The minimum Gasteiger partial charge on any atom is -0.465 e. The second kappa shape index (κ2) is 5.75. The van der Waals surface area contributed by atoms with Crippen molar-refractivity contribution in [2.45, 2.75) is 0 Å². The number of carbonyl (C=O) groups is 1. The molecule has 2 aromatic carbocycles. The van der Waals surface area contributed by atoms with Gasteiger partial charge in [-0.3, -0.25) is 0 Å². The standard InChI is InChI=1S/C14H12BrNO3/c1-18-14(17)9-2-7-13(12(16)8-9)19-11-5-3-10(15)4-6-11/h2-8H,16H2,1H3. The first kappa shape index (κ1) is 13.4. The van der Waals surface area contributed by atoms with E-state index in [0.29, 0.717) is 22.7 Å². The molecular weight excluding hydrogens is 310 g/mol. The number of halogens is 1. The zero-order valence-corrected chi connectivity index (χ0v) is 11.8. The lowest BCUT2D eigenvalue weighted by molar-refractivity contribution is 0.0601. The van der Waals surface area contributed by atoms with Crippen LogP contribution in [0.15, 0.2) is 46.9 Å². The van der Waals surface area contributed by atoms with Crippen LogP contribution < -0.4 is 10.5 Å². The number of hydrogen-bond acceptors (Lipinski definition) is 4. The van der Waals surface area contributed by atoms with E-state index in [1.807, 2.05) is 24.3 Å². The van der Waals surface area contributed by atoms with Crippen molar-refractivity contribution in [3.8, 4) is 11.5 Å². The third kappa shape index (κ3) is 3.26. The molecule has 0 saturated carbocycles. The van der Waals surface area contributed by atoms with Crippen molar-refractivity contribution in [1.82, 2.24) is 0 Å². The van der Waals surface area contributed by atoms with Gasteiger partial charge in [-0.15, -0.1) is 0 Å². The maximum atomic E-state index is 11.3. The molecule has 0 aliphatic rings. The quantitative estimate of drug-likeness (QED) is 0.693. The number of benzene rings is 2. The predicted molar refractivity (Wildman–Crippen MR) is 76.4 cm³/mol. The first-order chi connectivity index (χ1) is 9.10. The highest BCUT2D eigenvalue weighted by Crippen LogP contribution is 2.29. The topological polar surface area (TPSA) is 61.5 Å². The average Bonchev–Trinajstić information content (AvgIpc) is 2.42. The molecule has 4 nitrogen and oxygen atoms in total. The summed E-state index contributed by atoms with van der Waals surface area (Å²) in [7, 11) is 1.32. The molecule has 0 fully saturated rings. The van der Waals surface area contributed by atoms with Crippen molar-refractivity contribution in [1.29, 1.82) is 0 Å². The monoisotopic (exact) mass is 321 g/mol. The van der Waals surface area contributed by atoms with E-state index in [4.69, 9.17) is 10.5 Å². The van der Waals surface area contributed by atoms with E-state index in [1.54, 1.807) is 12.1 Å². The van der Waals surface area contributed by atoms with Gasteiger partial charge in [0.25, 0.3) is 0 Å². The molecule has 0 atom stereocenters. The number of methoxy groups -OCH3 is 1. The Labute approximate surface area is 119 Å². The second-order valence-electron chi connectivity index (χ2n) is 3.80. The molecule has 0 unspecified atom stereocenters. The van der Waals surface area contributed by atoms with E-state index in [1.165, 1.54) is 13.2 Å². The van der Waals surface area contributed by atoms with E-state index < -0.39 is 5.97 Å². The van der Waals surface area contributed by atoms with Crippen LogP contribution in [-0.4, -0.2) is 13.1 Å². The third-order valence-corrected chi connectivity index (χ3v) is 3.00. The lowest BCUT2D eigenvalue weighted by atomic mass is 10.2. The molecule has 0 aliphatic carbocycles. The van der Waals surface area contributed by atoms with Crippen LogP contribution >= 0.6 is 15.9 Å². The maximum absolute atomic E-state index is 11.3. The predicted octanol–water partition coefficient (Wildman–Crippen LogP) is 3.61. The van der Waals surface area contributed by atoms with Gasteiger partial charge in [0.2, 0.25) is 0 Å². The summed E-state index contributed by atoms with van der Waals surface area (Å²) in [4.78, 5) is 11.3. The molecule has 2 N–H and O–H groups in total. The van der Waals surface area contributed by atoms with Crippen LogP contribution in [0.1, 0.15) is 10.4 Å². The highest BCUT2D eigenvalue weighted by Gasteiger charge is 2.09. The van der Waals surface area contributed by atoms with Crippen molar-refractivity contribution in [3.05, 3.63) is 52.5 Å². The van der Waals surface area contributed by atoms with Gasteiger partial charge < -0.3 is 15.2 Å². The van der Waals surface area contributed by atoms with Gasteiger partial charge in [-0.05, 0) is 42.5 Å². The van der Waals surface area contributed by atoms with E-state index in [2.05, 4.69) is 20.7 Å². The van der Waals surface area contributed by atoms with Crippen molar-refractivity contribution in [3.63, 3.8) is 0 Å². The number of hydrogen-bond donors (Lipinski definition) is 1. The number of anilines is 1. The van der Waals surface area contributed by atoms with Gasteiger partial charge in [-0.2, -0.15) is 0 Å². The van der Waals surface area contributed by atoms with Gasteiger partial charge in [-0.25, -0.2) is 4.79 Å². The van der Waals surface area contributed by atoms with Crippen molar-refractivity contribution >= 4 is 27.6 Å². The van der Waals surface area contributed by atoms with Crippen LogP contribution in [0.5, 0.6) is 11.5 Å². The molecular formula is C14H12BrNO3. The Hall–Kier alpha value is -2.01. The maximum Gasteiger partial charge on any atom is 0.337 e. The van der Waals surface area contributed by atoms with E-state index in [9.17, 15) is 4.79 Å². The normalized spacial score (nSPS) is 10.0. The molecule has 0 spiro atoms. The zero-order chi connectivity index (χ0) is 13.8. The first-order valence-electron chi connectivity index (χ1n) is 5.51. The van der Waals surface area contributed by atoms with Crippen molar-refractivity contribution in [2.24, 2.45) is 0 Å². The molecule has 0 amide bonds. The molecule has 5 heteroatoms. The Kier molecular flexibility index (Phi) is 4.06. The van der Waals surface area contributed by atoms with Gasteiger partial charge in [0, 0.05) is 4.47 Å². The number of nitrogen functional groups attached to an aromatic ring is 1. The second-order valence-corrected chi connectivity index (χ2v) is 4.72. The Bertz CT molecular complexity index is 596. The fourth-order valence-corrected chi connectivity index (χ4v) is 1.78. The van der Waals surface area contributed by atoms with Crippen molar-refractivity contribution in [2.75, 3.05) is 12.8 Å². The molecule has 2 aromatic rings. The minimum atomic E-state index is -0.429. The van der Waals surface area contributed by atoms with Crippen LogP contribution in [0.2, 0.25) is 0 Å². The fourth-order valence-electron chi connectivity index (χ4n) is 1.52. The van der Waals surface area contributed by atoms with E-state index >= 15 is 0 Å². The lowest BCUT2D eigenvalue weighted by Gasteiger charge is -2.09. The largest absolute Gasteiger partial charge is 0.465 e. The third-order valence-electron chi connectivity index (χ3n) is 2.47. The smallest absolute Gasteiger partial charge is 0.337 e. The molecule has 0 aromatic heterocycles. The van der Waals surface area contributed by atoms with Crippen LogP contribution in [0, 0.1) is 0 Å². The Morgan fingerprint density at radius 2 is 1.84 bits per heavy atom. The zero-order valence-electron chi connectivity index (χ0n) is 10.2. The van der Waals surface area contributed by atoms with E-state index in [-0.39, 0.29) is 0 Å². The van der Waals surface area contributed by atoms with Gasteiger partial charge in [0.05, 0.1) is 18.4 Å². The van der Waals surface area contributed by atoms with Gasteiger partial charge in [-0.1, -0.05) is 15.9 Å². The highest BCUT2D eigenvalue weighted by molar-refractivity contribution is 9.10. The number of ether oxygens (including phenoxy) is 2. The van der Waals surface area contributed by atoms with E-state index in [0.717, 1.165) is 4.47 Å². The molecule has 19 heavy (non-hydrogen) atoms. The summed E-state index contributed by atoms with van der Waals surface area (Å²) in [5.41, 5.74) is 6.62. The highest BCUT2D eigenvalue weighted by atomic mass is 79.9. The molecule has 98 valence electrons. The molecule has 0 heterocycles. The molecule has 0 bridgehead atoms. The Morgan fingerprint density at radius 1 is 1.16 bits per heavy atom. The minimum absolute atomic E-state index is 0.380. The Balaban J connectivity index is 2.22. The van der Waals surface area contributed by atoms with Crippen LogP contribution in [0.4, 0.5) is 5.69 Å². The summed E-state index contributed by atoms with van der Waals surface area (Å²) in [6, 6.07) is 12.2. The Morgan fingerprint density at radius 3 is 2.42 bits per heavy atom. The fraction of sp³-hybridized carbons (Fsp3) is 0.0714. The van der Waals surface area contributed by atoms with Crippen LogP contribution in [-0.2, 0) is 4.74 Å². The van der Waals surface area contributed by atoms with Crippen LogP contribution in [0.3, 0.4) is 0 Å². The lowest BCUT2D eigenvalue weighted by Crippen LogP contribution is -2.02. The van der Waals surface area contributed by atoms with Crippen LogP contribution in [0.25, 0.3) is 0 Å². The summed E-state index contributed by atoms with van der Waals surface area (Å²) in [6.45, 7) is 0. The van der Waals surface area contributed by atoms with Gasteiger partial charge >= 0.3 is 5.97 Å². The SMILES string of the molecule is COC(=O)c1ccc(Oc2ccc(Br)cc2)c(N)c1. The summed E-state index contributed by atoms with van der Waals surface area (Å²) >= 11 is 3.35. The molecule has 2 rings (SSSR count). The number of nitrogens with two attached hydrogens (primary N) is 1. The average molecular weight is 322 g/mol. The summed E-state index contributed by atoms with van der Waals surface area (Å²) < 4.78 is 11.2. The number of rotatable bonds is 3. The summed E-state index contributed by atoms with van der Waals surface area (Å²) in [5, 5.41) is 0. The summed E-state index contributed by atoms with van der Waals surface area (Å²) in [6.07, 6.45) is 0. The van der Waals surface area contributed by atoms with Crippen molar-refractivity contribution < 1.29 is 14.3 Å². The van der Waals surface area contributed by atoms with Gasteiger partial charge in [0.15, 0.2) is 0 Å². The molecule has 0 aliphatic heterocycles. The summed E-state index contributed by atoms with van der Waals surface area (Å²) in [5.74, 6) is 0.734. The molecule has 0 saturated heterocycles. The number of carbonyl (C=O) groups excluding carboxylic acids is 1. The van der Waals surface area contributed by atoms with Gasteiger partial charge in [0.1, 0.15) is 11.5 Å².